The quantitative estimate of drug-likeness (QED) is 0.0762. The van der Waals surface area contributed by atoms with Gasteiger partial charge < -0.3 is 11.1 Å². The van der Waals surface area contributed by atoms with Crippen molar-refractivity contribution in [3.63, 3.8) is 0 Å². The van der Waals surface area contributed by atoms with Crippen LogP contribution in [0.1, 0.15) is 75.5 Å². The van der Waals surface area contributed by atoms with E-state index in [4.69, 9.17) is 10.7 Å². The Morgan fingerprint density at radius 3 is 1.62 bits per heavy atom. The molecule has 0 aliphatic rings. The molecule has 0 spiro atoms. The summed E-state index contributed by atoms with van der Waals surface area (Å²) in [6.07, 6.45) is 3.43. The Kier molecular flexibility index (Phi) is 16.3. The van der Waals surface area contributed by atoms with Crippen LogP contribution in [0.2, 0.25) is 0 Å². The molecule has 14 heteroatoms. The molecule has 55 heavy (non-hydrogen) atoms. The minimum absolute atomic E-state index is 0. The molecule has 0 bridgehead atoms. The van der Waals surface area contributed by atoms with Gasteiger partial charge in [0, 0.05) is 35.0 Å². The standard InChI is InChI=1S/C28H27N3O3S.C13H15N3O2S.BrH/c1-2-23-19-35-28(29-23)26(18-21-13-15-24(16-14-21)31(33)34)30-27(32)25(22-11-7-4-8-12-22)17-20-9-5-3-6-10-20;1-2-10-8-19-13(15-10)12(14)7-9-3-5-11(6-4-9)16(17)18;/h3-16,19,25-26H,2,17-18H2,1H3,(H,30,32);3-6,8,12H,2,7,14H2,1H3;1H/t25?,26-;12-;/m00./s1. The highest BCUT2D eigenvalue weighted by Gasteiger charge is 2.26. The number of halogens is 1. The molecule has 0 radical (unpaired) electrons. The largest absolute Gasteiger partial charge is 0.346 e. The summed E-state index contributed by atoms with van der Waals surface area (Å²) >= 11 is 3.09. The molecule has 0 saturated heterocycles. The molecular formula is C41H43BrN6O5S2. The number of nitrogens with one attached hydrogen (secondary N) is 1. The van der Waals surface area contributed by atoms with Gasteiger partial charge in [0.25, 0.3) is 11.4 Å². The molecule has 0 fully saturated rings. The van der Waals surface area contributed by atoms with Gasteiger partial charge in [-0.15, -0.1) is 39.7 Å². The number of hydrogen-bond donors (Lipinski definition) is 2. The number of nitrogens with zero attached hydrogens (tertiary/aromatic N) is 4. The Labute approximate surface area is 338 Å². The topological polar surface area (TPSA) is 167 Å². The highest BCUT2D eigenvalue weighted by atomic mass is 79.9. The van der Waals surface area contributed by atoms with Crippen LogP contribution in [0.4, 0.5) is 11.4 Å². The summed E-state index contributed by atoms with van der Waals surface area (Å²) in [5, 5.41) is 30.6. The summed E-state index contributed by atoms with van der Waals surface area (Å²) in [4.78, 5) is 43.7. The summed E-state index contributed by atoms with van der Waals surface area (Å²) < 4.78 is 0. The minimum Gasteiger partial charge on any atom is -0.346 e. The van der Waals surface area contributed by atoms with E-state index in [1.54, 1.807) is 35.6 Å². The van der Waals surface area contributed by atoms with Crippen molar-refractivity contribution in [2.75, 3.05) is 0 Å². The fraction of sp³-hybridized carbons (Fsp3) is 0.244. The number of aryl methyl sites for hydroxylation is 2. The first-order valence-corrected chi connectivity index (χ1v) is 19.4. The molecule has 3 atom stereocenters. The second-order valence-electron chi connectivity index (χ2n) is 12.6. The molecule has 2 heterocycles. The monoisotopic (exact) mass is 842 g/mol. The van der Waals surface area contributed by atoms with Gasteiger partial charge >= 0.3 is 0 Å². The molecule has 1 amide bonds. The average Bonchev–Trinajstić information content (AvgIpc) is 3.89. The number of nitrogens with two attached hydrogens (primary N) is 1. The SMILES string of the molecule is Br.CCc1csc([C@@H](N)Cc2ccc([N+](=O)[O-])cc2)n1.CCc1csc([C@H](Cc2ccc([N+](=O)[O-])cc2)NC(=O)C(Cc2ccccc2)c2ccccc2)n1. The van der Waals surface area contributed by atoms with Crippen molar-refractivity contribution < 1.29 is 14.6 Å². The van der Waals surface area contributed by atoms with Crippen molar-refractivity contribution in [2.24, 2.45) is 5.73 Å². The van der Waals surface area contributed by atoms with Crippen LogP contribution >= 0.6 is 39.7 Å². The number of carbonyl (C=O) groups excluding carboxylic acids is 1. The predicted molar refractivity (Wildman–Crippen MR) is 224 cm³/mol. The smallest absolute Gasteiger partial charge is 0.269 e. The number of amides is 1. The molecule has 0 aliphatic carbocycles. The molecule has 286 valence electrons. The van der Waals surface area contributed by atoms with Gasteiger partial charge in [0.15, 0.2) is 0 Å². The first-order valence-electron chi connectivity index (χ1n) is 17.6. The Bertz CT molecular complexity index is 2110. The molecule has 1 unspecified atom stereocenters. The van der Waals surface area contributed by atoms with Crippen LogP contribution in [-0.4, -0.2) is 25.7 Å². The second kappa shape index (κ2) is 21.1. The Balaban J connectivity index is 0.000000285. The van der Waals surface area contributed by atoms with E-state index in [0.29, 0.717) is 19.3 Å². The zero-order valence-electron chi connectivity index (χ0n) is 30.4. The predicted octanol–water partition coefficient (Wildman–Crippen LogP) is 9.47. The van der Waals surface area contributed by atoms with Gasteiger partial charge in [-0.1, -0.05) is 98.8 Å². The number of carbonyl (C=O) groups is 1. The van der Waals surface area contributed by atoms with Crippen molar-refractivity contribution in [1.82, 2.24) is 15.3 Å². The fourth-order valence-corrected chi connectivity index (χ4v) is 7.61. The summed E-state index contributed by atoms with van der Waals surface area (Å²) in [7, 11) is 0. The van der Waals surface area contributed by atoms with Crippen molar-refractivity contribution in [3.8, 4) is 0 Å². The van der Waals surface area contributed by atoms with E-state index in [0.717, 1.165) is 56.5 Å². The molecule has 3 N–H and O–H groups in total. The van der Waals surface area contributed by atoms with E-state index in [1.165, 1.54) is 35.6 Å². The number of non-ortho nitro benzene ring substituents is 2. The first kappa shape index (κ1) is 42.6. The molecule has 4 aromatic carbocycles. The van der Waals surface area contributed by atoms with Crippen LogP contribution in [0.25, 0.3) is 0 Å². The Hall–Kier alpha value is -5.15. The number of nitro benzene ring substituents is 2. The van der Waals surface area contributed by atoms with E-state index in [9.17, 15) is 25.0 Å². The van der Waals surface area contributed by atoms with Crippen LogP contribution in [0.3, 0.4) is 0 Å². The number of nitro groups is 2. The lowest BCUT2D eigenvalue weighted by atomic mass is 9.90. The van der Waals surface area contributed by atoms with Gasteiger partial charge in [-0.05, 0) is 54.4 Å². The fourth-order valence-electron chi connectivity index (χ4n) is 5.75. The lowest BCUT2D eigenvalue weighted by Crippen LogP contribution is -2.35. The van der Waals surface area contributed by atoms with Gasteiger partial charge in [-0.25, -0.2) is 9.97 Å². The Morgan fingerprint density at radius 2 is 1.13 bits per heavy atom. The zero-order chi connectivity index (χ0) is 38.5. The number of aromatic nitrogens is 2. The van der Waals surface area contributed by atoms with Gasteiger partial charge in [0.2, 0.25) is 5.91 Å². The first-order chi connectivity index (χ1) is 26.1. The lowest BCUT2D eigenvalue weighted by molar-refractivity contribution is -0.385. The highest BCUT2D eigenvalue weighted by Crippen LogP contribution is 2.28. The van der Waals surface area contributed by atoms with Crippen LogP contribution < -0.4 is 11.1 Å². The highest BCUT2D eigenvalue weighted by molar-refractivity contribution is 8.93. The third-order valence-electron chi connectivity index (χ3n) is 8.79. The molecule has 0 saturated carbocycles. The van der Waals surface area contributed by atoms with Crippen LogP contribution in [0, 0.1) is 20.2 Å². The summed E-state index contributed by atoms with van der Waals surface area (Å²) in [6.45, 7) is 4.11. The van der Waals surface area contributed by atoms with Gasteiger partial charge in [-0.3, -0.25) is 25.0 Å². The second-order valence-corrected chi connectivity index (χ2v) is 14.4. The number of rotatable bonds is 15. The van der Waals surface area contributed by atoms with Gasteiger partial charge in [0.1, 0.15) is 10.0 Å². The number of thiazole rings is 2. The minimum atomic E-state index is -0.411. The van der Waals surface area contributed by atoms with E-state index in [-0.39, 0.29) is 52.3 Å². The number of hydrogen-bond acceptors (Lipinski definition) is 10. The average molecular weight is 844 g/mol. The zero-order valence-corrected chi connectivity index (χ0v) is 33.8. The maximum atomic E-state index is 13.7. The van der Waals surface area contributed by atoms with Crippen molar-refractivity contribution in [2.45, 2.75) is 64.0 Å². The summed E-state index contributed by atoms with van der Waals surface area (Å²) in [5.74, 6) is -0.427. The Morgan fingerprint density at radius 1 is 0.673 bits per heavy atom. The van der Waals surface area contributed by atoms with Crippen LogP contribution in [-0.2, 0) is 36.9 Å². The molecule has 6 aromatic rings. The summed E-state index contributed by atoms with van der Waals surface area (Å²) in [5.41, 5.74) is 12.2. The maximum absolute atomic E-state index is 13.7. The molecule has 11 nitrogen and oxygen atoms in total. The van der Waals surface area contributed by atoms with E-state index < -0.39 is 9.85 Å². The third-order valence-corrected chi connectivity index (χ3v) is 10.8. The van der Waals surface area contributed by atoms with Gasteiger partial charge in [-0.2, -0.15) is 0 Å². The molecule has 2 aromatic heterocycles. The molecule has 6 rings (SSSR count). The van der Waals surface area contributed by atoms with Crippen molar-refractivity contribution in [3.05, 3.63) is 184 Å². The van der Waals surface area contributed by atoms with E-state index in [1.807, 2.05) is 78.3 Å². The van der Waals surface area contributed by atoms with Crippen molar-refractivity contribution in [1.29, 1.82) is 0 Å². The van der Waals surface area contributed by atoms with Crippen molar-refractivity contribution >= 4 is 56.9 Å². The van der Waals surface area contributed by atoms with Crippen LogP contribution in [0.15, 0.2) is 120 Å². The van der Waals surface area contributed by atoms with Crippen LogP contribution in [0.5, 0.6) is 0 Å². The lowest BCUT2D eigenvalue weighted by Gasteiger charge is -2.22. The molecule has 0 aliphatic heterocycles. The van der Waals surface area contributed by atoms with Gasteiger partial charge in [0.05, 0.1) is 39.2 Å². The molecular weight excluding hydrogens is 801 g/mol. The third kappa shape index (κ3) is 12.4. The normalized spacial score (nSPS) is 12.3. The van der Waals surface area contributed by atoms with E-state index >= 15 is 0 Å². The number of benzene rings is 4. The maximum Gasteiger partial charge on any atom is 0.269 e. The van der Waals surface area contributed by atoms with E-state index in [2.05, 4.69) is 17.2 Å². The summed E-state index contributed by atoms with van der Waals surface area (Å²) in [6, 6.07) is 32.3.